The average Bonchev–Trinajstić information content (AvgIpc) is 2.84. The van der Waals surface area contributed by atoms with Gasteiger partial charge >= 0.3 is 0 Å². The second-order valence-electron chi connectivity index (χ2n) is 3.18. The maximum atomic E-state index is 9.31. The van der Waals surface area contributed by atoms with E-state index in [1.165, 1.54) is 12.8 Å². The molecule has 1 atom stereocenters. The van der Waals surface area contributed by atoms with Gasteiger partial charge in [0.1, 0.15) is 6.10 Å². The topological polar surface area (TPSA) is 20.2 Å². The molecule has 0 spiro atoms. The van der Waals surface area contributed by atoms with Crippen LogP contribution in [-0.4, -0.2) is 11.2 Å². The summed E-state index contributed by atoms with van der Waals surface area (Å²) in [5.74, 6) is 8.99. The van der Waals surface area contributed by atoms with Crippen LogP contribution < -0.4 is 0 Å². The molecule has 1 rings (SSSR count). The molecule has 1 saturated carbocycles. The molecule has 0 heterocycles. The molecular formula is C11H14O. The van der Waals surface area contributed by atoms with E-state index >= 15 is 0 Å². The van der Waals surface area contributed by atoms with Gasteiger partial charge in [-0.1, -0.05) is 11.8 Å². The summed E-state index contributed by atoms with van der Waals surface area (Å²) in [6.07, 6.45) is 9.37. The zero-order valence-electron chi connectivity index (χ0n) is 7.21. The van der Waals surface area contributed by atoms with Crippen molar-refractivity contribution in [2.24, 2.45) is 5.92 Å². The van der Waals surface area contributed by atoms with Crippen molar-refractivity contribution in [2.45, 2.75) is 38.2 Å². The van der Waals surface area contributed by atoms with Gasteiger partial charge in [-0.15, -0.1) is 12.3 Å². The molecule has 0 bridgehead atoms. The molecule has 0 aromatic carbocycles. The molecule has 0 aromatic rings. The number of aliphatic hydroxyl groups is 1. The Balaban J connectivity index is 2.07. The molecule has 0 radical (unpaired) electrons. The molecule has 1 nitrogen and oxygen atoms in total. The fourth-order valence-electron chi connectivity index (χ4n) is 0.911. The zero-order valence-corrected chi connectivity index (χ0v) is 7.21. The van der Waals surface area contributed by atoms with Crippen LogP contribution >= 0.6 is 0 Å². The molecule has 1 aliphatic rings. The SMILES string of the molecule is C#CCCCC(O)C#CC1CC1. The Hall–Kier alpha value is -0.920. The molecule has 64 valence electrons. The Morgan fingerprint density at radius 2 is 2.25 bits per heavy atom. The summed E-state index contributed by atoms with van der Waals surface area (Å²) in [5, 5.41) is 9.31. The van der Waals surface area contributed by atoms with Crippen LogP contribution in [0.15, 0.2) is 0 Å². The number of rotatable bonds is 3. The lowest BCUT2D eigenvalue weighted by Crippen LogP contribution is -2.01. The number of hydrogen-bond acceptors (Lipinski definition) is 1. The summed E-state index contributed by atoms with van der Waals surface area (Å²) < 4.78 is 0. The van der Waals surface area contributed by atoms with Crippen LogP contribution in [0, 0.1) is 30.1 Å². The van der Waals surface area contributed by atoms with Gasteiger partial charge in [0.15, 0.2) is 0 Å². The fourth-order valence-corrected chi connectivity index (χ4v) is 0.911. The lowest BCUT2D eigenvalue weighted by molar-refractivity contribution is 0.219. The van der Waals surface area contributed by atoms with Crippen LogP contribution in [-0.2, 0) is 0 Å². The molecule has 1 heteroatoms. The third-order valence-corrected chi connectivity index (χ3v) is 1.83. The highest BCUT2D eigenvalue weighted by atomic mass is 16.3. The lowest BCUT2D eigenvalue weighted by Gasteiger charge is -1.98. The highest BCUT2D eigenvalue weighted by Crippen LogP contribution is 2.27. The normalized spacial score (nSPS) is 17.3. The van der Waals surface area contributed by atoms with E-state index in [0.717, 1.165) is 12.8 Å². The van der Waals surface area contributed by atoms with Crippen molar-refractivity contribution in [2.75, 3.05) is 0 Å². The van der Waals surface area contributed by atoms with Gasteiger partial charge in [0.25, 0.3) is 0 Å². The van der Waals surface area contributed by atoms with Crippen LogP contribution in [0.4, 0.5) is 0 Å². The van der Waals surface area contributed by atoms with Gasteiger partial charge in [-0.05, 0) is 25.7 Å². The largest absolute Gasteiger partial charge is 0.380 e. The summed E-state index contributed by atoms with van der Waals surface area (Å²) in [6, 6.07) is 0. The van der Waals surface area contributed by atoms with Gasteiger partial charge in [0.05, 0.1) is 0 Å². The fraction of sp³-hybridized carbons (Fsp3) is 0.636. The molecule has 0 saturated heterocycles. The summed E-state index contributed by atoms with van der Waals surface area (Å²) in [4.78, 5) is 0. The first-order chi connectivity index (χ1) is 5.83. The van der Waals surface area contributed by atoms with Crippen molar-refractivity contribution in [1.82, 2.24) is 0 Å². The van der Waals surface area contributed by atoms with Crippen molar-refractivity contribution in [3.8, 4) is 24.2 Å². The Labute approximate surface area is 74.2 Å². The number of terminal acetylenes is 1. The zero-order chi connectivity index (χ0) is 8.81. The summed E-state index contributed by atoms with van der Waals surface area (Å²) in [7, 11) is 0. The Morgan fingerprint density at radius 1 is 1.50 bits per heavy atom. The molecule has 0 amide bonds. The molecule has 1 N–H and O–H groups in total. The van der Waals surface area contributed by atoms with E-state index in [9.17, 15) is 5.11 Å². The first-order valence-corrected chi connectivity index (χ1v) is 4.45. The third-order valence-electron chi connectivity index (χ3n) is 1.83. The second-order valence-corrected chi connectivity index (χ2v) is 3.18. The lowest BCUT2D eigenvalue weighted by atomic mass is 10.1. The van der Waals surface area contributed by atoms with E-state index in [2.05, 4.69) is 17.8 Å². The molecular weight excluding hydrogens is 148 g/mol. The summed E-state index contributed by atoms with van der Waals surface area (Å²) >= 11 is 0. The van der Waals surface area contributed by atoms with Gasteiger partial charge < -0.3 is 5.11 Å². The second kappa shape index (κ2) is 4.86. The van der Waals surface area contributed by atoms with E-state index < -0.39 is 6.10 Å². The highest BCUT2D eigenvalue weighted by Gasteiger charge is 2.17. The number of hydrogen-bond donors (Lipinski definition) is 1. The van der Waals surface area contributed by atoms with Gasteiger partial charge in [0, 0.05) is 12.3 Å². The predicted molar refractivity (Wildman–Crippen MR) is 49.2 cm³/mol. The first-order valence-electron chi connectivity index (χ1n) is 4.45. The van der Waals surface area contributed by atoms with Crippen LogP contribution in [0.25, 0.3) is 0 Å². The quantitative estimate of drug-likeness (QED) is 0.493. The molecule has 1 fully saturated rings. The smallest absolute Gasteiger partial charge is 0.114 e. The van der Waals surface area contributed by atoms with Crippen molar-refractivity contribution >= 4 is 0 Å². The monoisotopic (exact) mass is 162 g/mol. The van der Waals surface area contributed by atoms with Crippen LogP contribution in [0.2, 0.25) is 0 Å². The van der Waals surface area contributed by atoms with E-state index in [-0.39, 0.29) is 0 Å². The molecule has 0 aliphatic heterocycles. The minimum atomic E-state index is -0.459. The van der Waals surface area contributed by atoms with Crippen molar-refractivity contribution in [3.63, 3.8) is 0 Å². The number of aliphatic hydroxyl groups excluding tert-OH is 1. The van der Waals surface area contributed by atoms with Crippen molar-refractivity contribution in [3.05, 3.63) is 0 Å². The van der Waals surface area contributed by atoms with Gasteiger partial charge in [-0.25, -0.2) is 0 Å². The average molecular weight is 162 g/mol. The van der Waals surface area contributed by atoms with E-state index in [1.807, 2.05) is 0 Å². The van der Waals surface area contributed by atoms with Gasteiger partial charge in [0.2, 0.25) is 0 Å². The maximum absolute atomic E-state index is 9.31. The number of unbranched alkanes of at least 4 members (excludes halogenated alkanes) is 1. The summed E-state index contributed by atoms with van der Waals surface area (Å²) in [5.41, 5.74) is 0. The van der Waals surface area contributed by atoms with Gasteiger partial charge in [-0.3, -0.25) is 0 Å². The van der Waals surface area contributed by atoms with Crippen LogP contribution in [0.5, 0.6) is 0 Å². The standard InChI is InChI=1S/C11H14O/c1-2-3-4-5-11(12)9-8-10-6-7-10/h1,10-12H,3-7H2. The molecule has 1 unspecified atom stereocenters. The van der Waals surface area contributed by atoms with E-state index in [0.29, 0.717) is 12.3 Å². The van der Waals surface area contributed by atoms with E-state index in [1.54, 1.807) is 0 Å². The molecule has 0 aromatic heterocycles. The van der Waals surface area contributed by atoms with Crippen LogP contribution in [0.3, 0.4) is 0 Å². The Bertz CT molecular complexity index is 222. The first kappa shape index (κ1) is 9.17. The maximum Gasteiger partial charge on any atom is 0.114 e. The van der Waals surface area contributed by atoms with E-state index in [4.69, 9.17) is 6.42 Å². The minimum Gasteiger partial charge on any atom is -0.380 e. The van der Waals surface area contributed by atoms with Crippen LogP contribution in [0.1, 0.15) is 32.1 Å². The molecule has 1 aliphatic carbocycles. The summed E-state index contributed by atoms with van der Waals surface area (Å²) in [6.45, 7) is 0. The Morgan fingerprint density at radius 3 is 2.83 bits per heavy atom. The van der Waals surface area contributed by atoms with Gasteiger partial charge in [-0.2, -0.15) is 0 Å². The molecule has 12 heavy (non-hydrogen) atoms. The predicted octanol–water partition coefficient (Wildman–Crippen LogP) is 1.56. The Kier molecular flexibility index (Phi) is 3.71. The third kappa shape index (κ3) is 4.06. The minimum absolute atomic E-state index is 0.459. The van der Waals surface area contributed by atoms with Crippen molar-refractivity contribution in [1.29, 1.82) is 0 Å². The highest BCUT2D eigenvalue weighted by molar-refractivity contribution is 5.12. The van der Waals surface area contributed by atoms with Crippen molar-refractivity contribution < 1.29 is 5.11 Å².